The molecule has 0 spiro atoms. The number of rotatable bonds is 5. The number of hydrogen-bond acceptors (Lipinski definition) is 5. The lowest BCUT2D eigenvalue weighted by Crippen LogP contribution is -2.27. The van der Waals surface area contributed by atoms with E-state index in [2.05, 4.69) is 20.6 Å². The molecule has 0 atom stereocenters. The smallest absolute Gasteiger partial charge is 0.234 e. The number of carbonyl (C=O) groups is 1. The maximum absolute atomic E-state index is 11.9. The van der Waals surface area contributed by atoms with Crippen molar-refractivity contribution in [1.29, 1.82) is 0 Å². The van der Waals surface area contributed by atoms with Gasteiger partial charge in [-0.25, -0.2) is 0 Å². The van der Waals surface area contributed by atoms with Crippen LogP contribution < -0.4 is 5.32 Å². The van der Waals surface area contributed by atoms with E-state index in [9.17, 15) is 4.79 Å². The van der Waals surface area contributed by atoms with Gasteiger partial charge in [-0.2, -0.15) is 9.61 Å². The van der Waals surface area contributed by atoms with E-state index in [-0.39, 0.29) is 5.91 Å². The minimum absolute atomic E-state index is 0.0345. The van der Waals surface area contributed by atoms with Gasteiger partial charge in [-0.3, -0.25) is 4.79 Å². The van der Waals surface area contributed by atoms with Crippen LogP contribution in [0, 0.1) is 6.92 Å². The summed E-state index contributed by atoms with van der Waals surface area (Å²) in [4.78, 5) is 12.7. The molecule has 2 aromatic heterocycles. The second-order valence-electron chi connectivity index (χ2n) is 4.76. The van der Waals surface area contributed by atoms with E-state index < -0.39 is 0 Å². The summed E-state index contributed by atoms with van der Waals surface area (Å²) >= 11 is 1.49. The Morgan fingerprint density at radius 2 is 2.24 bits per heavy atom. The Morgan fingerprint density at radius 3 is 3.05 bits per heavy atom. The number of benzene rings is 1. The van der Waals surface area contributed by atoms with Crippen LogP contribution in [-0.4, -0.2) is 32.3 Å². The van der Waals surface area contributed by atoms with Crippen LogP contribution in [0.4, 0.5) is 0 Å². The number of aromatic nitrogens is 4. The lowest BCUT2D eigenvalue weighted by Gasteiger charge is -2.06. The van der Waals surface area contributed by atoms with Crippen LogP contribution in [0.25, 0.3) is 4.96 Å². The summed E-state index contributed by atoms with van der Waals surface area (Å²) in [5.74, 6) is 0.0345. The van der Waals surface area contributed by atoms with Crippen molar-refractivity contribution in [2.45, 2.75) is 19.8 Å². The van der Waals surface area contributed by atoms with Crippen molar-refractivity contribution >= 4 is 22.2 Å². The molecule has 0 bridgehead atoms. The number of amides is 1. The number of hydrogen-bond donors (Lipinski definition) is 1. The highest BCUT2D eigenvalue weighted by Gasteiger charge is 2.07. The molecule has 7 heteroatoms. The van der Waals surface area contributed by atoms with Crippen molar-refractivity contribution in [2.75, 3.05) is 6.54 Å². The first-order valence-corrected chi connectivity index (χ1v) is 7.51. The van der Waals surface area contributed by atoms with Gasteiger partial charge in [0.1, 0.15) is 11.3 Å². The zero-order chi connectivity index (χ0) is 14.7. The number of nitrogens with one attached hydrogen (secondary N) is 1. The van der Waals surface area contributed by atoms with Crippen molar-refractivity contribution < 1.29 is 4.79 Å². The second kappa shape index (κ2) is 6.01. The van der Waals surface area contributed by atoms with Crippen LogP contribution in [0.3, 0.4) is 0 Å². The van der Waals surface area contributed by atoms with E-state index in [1.165, 1.54) is 11.3 Å². The van der Waals surface area contributed by atoms with Crippen LogP contribution in [0.2, 0.25) is 0 Å². The van der Waals surface area contributed by atoms with E-state index >= 15 is 0 Å². The zero-order valence-electron chi connectivity index (χ0n) is 11.6. The molecule has 1 amide bonds. The van der Waals surface area contributed by atoms with Crippen molar-refractivity contribution in [3.05, 3.63) is 46.7 Å². The van der Waals surface area contributed by atoms with Crippen molar-refractivity contribution in [1.82, 2.24) is 25.1 Å². The maximum atomic E-state index is 11.9. The van der Waals surface area contributed by atoms with Crippen LogP contribution in [0.5, 0.6) is 0 Å². The molecule has 3 rings (SSSR count). The topological polar surface area (TPSA) is 72.2 Å². The fraction of sp³-hybridized carbons (Fsp3) is 0.286. The summed E-state index contributed by atoms with van der Waals surface area (Å²) in [6, 6.07) is 7.93. The van der Waals surface area contributed by atoms with Gasteiger partial charge in [-0.15, -0.1) is 10.2 Å². The third kappa shape index (κ3) is 3.25. The summed E-state index contributed by atoms with van der Waals surface area (Å²) in [5, 5.41) is 15.9. The molecule has 6 nitrogen and oxygen atoms in total. The molecular formula is C14H15N5OS. The predicted octanol–water partition coefficient (Wildman–Crippen LogP) is 1.40. The van der Waals surface area contributed by atoms with Crippen molar-refractivity contribution in [3.63, 3.8) is 0 Å². The fourth-order valence-electron chi connectivity index (χ4n) is 2.05. The Morgan fingerprint density at radius 1 is 1.38 bits per heavy atom. The molecule has 0 aliphatic carbocycles. The second-order valence-corrected chi connectivity index (χ2v) is 5.80. The van der Waals surface area contributed by atoms with Gasteiger partial charge in [-0.05, 0) is 18.1 Å². The first-order chi connectivity index (χ1) is 10.2. The summed E-state index contributed by atoms with van der Waals surface area (Å²) < 4.78 is 1.65. The lowest BCUT2D eigenvalue weighted by molar-refractivity contribution is -0.120. The van der Waals surface area contributed by atoms with Crippen LogP contribution >= 0.6 is 11.3 Å². The average molecular weight is 301 g/mol. The molecule has 0 radical (unpaired) electrons. The molecule has 0 saturated heterocycles. The Hall–Kier alpha value is -2.28. The zero-order valence-corrected chi connectivity index (χ0v) is 12.4. The highest BCUT2D eigenvalue weighted by molar-refractivity contribution is 7.16. The van der Waals surface area contributed by atoms with E-state index in [4.69, 9.17) is 0 Å². The van der Waals surface area contributed by atoms with Gasteiger partial charge in [0.2, 0.25) is 10.9 Å². The Kier molecular flexibility index (Phi) is 3.92. The largest absolute Gasteiger partial charge is 0.355 e. The van der Waals surface area contributed by atoms with E-state index in [1.807, 2.05) is 31.2 Å². The highest BCUT2D eigenvalue weighted by Crippen LogP contribution is 2.11. The minimum Gasteiger partial charge on any atom is -0.355 e. The molecule has 0 fully saturated rings. The van der Waals surface area contributed by atoms with Crippen molar-refractivity contribution in [2.24, 2.45) is 0 Å². The highest BCUT2D eigenvalue weighted by atomic mass is 32.1. The molecule has 2 heterocycles. The molecule has 0 saturated carbocycles. The SMILES string of the molecule is Cc1ccccc1CC(=O)NCCc1nn2cnnc2s1. The summed E-state index contributed by atoms with van der Waals surface area (Å²) in [5.41, 5.74) is 2.20. The lowest BCUT2D eigenvalue weighted by atomic mass is 10.1. The first kappa shape index (κ1) is 13.7. The van der Waals surface area contributed by atoms with Gasteiger partial charge < -0.3 is 5.32 Å². The third-order valence-corrected chi connectivity index (χ3v) is 4.17. The molecule has 1 aromatic carbocycles. The number of nitrogens with zero attached hydrogens (tertiary/aromatic N) is 4. The quantitative estimate of drug-likeness (QED) is 0.773. The number of fused-ring (bicyclic) bond motifs is 1. The molecule has 3 aromatic rings. The summed E-state index contributed by atoms with van der Waals surface area (Å²) in [7, 11) is 0. The van der Waals surface area contributed by atoms with Crippen molar-refractivity contribution in [3.8, 4) is 0 Å². The molecule has 0 unspecified atom stereocenters. The van der Waals surface area contributed by atoms with Gasteiger partial charge in [0.05, 0.1) is 6.42 Å². The predicted molar refractivity (Wildman–Crippen MR) is 80.3 cm³/mol. The van der Waals surface area contributed by atoms with Gasteiger partial charge in [0, 0.05) is 13.0 Å². The molecule has 1 N–H and O–H groups in total. The standard InChI is InChI=1S/C14H15N5OS/c1-10-4-2-3-5-11(10)8-12(20)15-7-6-13-18-19-9-16-17-14(19)21-13/h2-5,9H,6-8H2,1H3,(H,15,20). The molecule has 0 aliphatic rings. The van der Waals surface area contributed by atoms with Gasteiger partial charge in [-0.1, -0.05) is 35.6 Å². The summed E-state index contributed by atoms with van der Waals surface area (Å²) in [6.07, 6.45) is 2.69. The van der Waals surface area contributed by atoms with E-state index in [0.717, 1.165) is 21.1 Å². The molecule has 21 heavy (non-hydrogen) atoms. The van der Waals surface area contributed by atoms with Crippen LogP contribution in [0.1, 0.15) is 16.1 Å². The monoisotopic (exact) mass is 301 g/mol. The molecule has 108 valence electrons. The third-order valence-electron chi connectivity index (χ3n) is 3.20. The van der Waals surface area contributed by atoms with Gasteiger partial charge >= 0.3 is 0 Å². The molecular weight excluding hydrogens is 286 g/mol. The summed E-state index contributed by atoms with van der Waals surface area (Å²) in [6.45, 7) is 2.59. The van der Waals surface area contributed by atoms with Crippen LogP contribution in [-0.2, 0) is 17.6 Å². The number of carbonyl (C=O) groups excluding carboxylic acids is 1. The maximum Gasteiger partial charge on any atom is 0.234 e. The Balaban J connectivity index is 1.50. The Bertz CT molecular complexity index is 735. The fourth-order valence-corrected chi connectivity index (χ4v) is 2.87. The van der Waals surface area contributed by atoms with Crippen LogP contribution in [0.15, 0.2) is 30.6 Å². The Labute approximate surface area is 125 Å². The first-order valence-electron chi connectivity index (χ1n) is 6.69. The molecule has 0 aliphatic heterocycles. The minimum atomic E-state index is 0.0345. The number of aryl methyl sites for hydroxylation is 1. The van der Waals surface area contributed by atoms with Gasteiger partial charge in [0.15, 0.2) is 0 Å². The van der Waals surface area contributed by atoms with E-state index in [1.54, 1.807) is 10.8 Å². The normalized spacial score (nSPS) is 10.9. The van der Waals surface area contributed by atoms with E-state index in [0.29, 0.717) is 19.4 Å². The average Bonchev–Trinajstić information content (AvgIpc) is 3.02. The van der Waals surface area contributed by atoms with Gasteiger partial charge in [0.25, 0.3) is 0 Å².